The number of hydrogen-bond donors (Lipinski definition) is 2. The molecule has 130 valence electrons. The number of nitrogens with zero attached hydrogens (tertiary/aromatic N) is 4. The molecule has 25 heavy (non-hydrogen) atoms. The average molecular weight is 337 g/mol. The van der Waals surface area contributed by atoms with Crippen molar-refractivity contribution in [3.05, 3.63) is 60.9 Å². The summed E-state index contributed by atoms with van der Waals surface area (Å²) in [6.45, 7) is 4.00. The van der Waals surface area contributed by atoms with E-state index in [0.717, 1.165) is 28.7 Å². The molecule has 0 aliphatic rings. The summed E-state index contributed by atoms with van der Waals surface area (Å²) in [5, 5.41) is 11.9. The largest absolute Gasteiger partial charge is 0.421 e. The van der Waals surface area contributed by atoms with Crippen molar-refractivity contribution in [2.75, 3.05) is 11.1 Å². The van der Waals surface area contributed by atoms with Crippen LogP contribution in [0, 0.1) is 0 Å². The molecule has 1 aromatic heterocycles. The molecule has 0 spiro atoms. The van der Waals surface area contributed by atoms with Crippen LogP contribution in [0.25, 0.3) is 0 Å². The molecule has 0 unspecified atom stereocenters. The summed E-state index contributed by atoms with van der Waals surface area (Å²) in [6.07, 6.45) is 3.88. The van der Waals surface area contributed by atoms with Crippen LogP contribution in [0.2, 0.25) is 0 Å². The molecular weight excluding hydrogens is 312 g/mol. The Morgan fingerprint density at radius 1 is 0.920 bits per heavy atom. The maximum Gasteiger partial charge on any atom is 0.421 e. The summed E-state index contributed by atoms with van der Waals surface area (Å²) in [5.41, 5.74) is 9.21. The Balaban J connectivity index is 0.00000109. The number of hydrogen-bond acceptors (Lipinski definition) is 4. The van der Waals surface area contributed by atoms with Gasteiger partial charge in [0.25, 0.3) is 0 Å². The van der Waals surface area contributed by atoms with Crippen LogP contribution < -0.4 is 15.6 Å². The lowest BCUT2D eigenvalue weighted by molar-refractivity contribution is -0.657. The zero-order valence-electron chi connectivity index (χ0n) is 15.1. The Bertz CT molecular complexity index is 797. The number of nitrogens with two attached hydrogens (primary N) is 1. The van der Waals surface area contributed by atoms with Crippen LogP contribution in [0.1, 0.15) is 13.8 Å². The molecule has 0 aliphatic carbocycles. The molecule has 0 saturated carbocycles. The minimum absolute atomic E-state index is 0.750. The number of aryl methyl sites for hydroxylation is 2. The van der Waals surface area contributed by atoms with Gasteiger partial charge in [-0.2, -0.15) is 0 Å². The van der Waals surface area contributed by atoms with E-state index in [-0.39, 0.29) is 0 Å². The molecule has 6 nitrogen and oxygen atoms in total. The van der Waals surface area contributed by atoms with Crippen LogP contribution in [0.3, 0.4) is 0 Å². The third kappa shape index (κ3) is 4.91. The molecule has 0 aliphatic heterocycles. The SMILES string of the molecule is CC.Cn1cc[n+](C)c1N=Nc1ccc(Nc2ccc(N)cc2)cc1. The Labute approximate surface area is 148 Å². The van der Waals surface area contributed by atoms with Gasteiger partial charge in [-0.05, 0) is 48.5 Å². The Morgan fingerprint density at radius 3 is 2.00 bits per heavy atom. The van der Waals surface area contributed by atoms with E-state index in [0.29, 0.717) is 0 Å². The van der Waals surface area contributed by atoms with E-state index in [1.165, 1.54) is 0 Å². The molecule has 0 radical (unpaired) electrons. The highest BCUT2D eigenvalue weighted by atomic mass is 15.3. The van der Waals surface area contributed by atoms with E-state index in [1.807, 2.05) is 98.0 Å². The van der Waals surface area contributed by atoms with Crippen LogP contribution >= 0.6 is 0 Å². The number of rotatable bonds is 4. The number of imidazole rings is 1. The quantitative estimate of drug-likeness (QED) is 0.414. The second-order valence-corrected chi connectivity index (χ2v) is 5.31. The predicted octanol–water partition coefficient (Wildman–Crippen LogP) is 4.62. The van der Waals surface area contributed by atoms with E-state index in [9.17, 15) is 0 Å². The van der Waals surface area contributed by atoms with Gasteiger partial charge in [0, 0.05) is 22.2 Å². The molecule has 0 amide bonds. The zero-order chi connectivity index (χ0) is 18.2. The summed E-state index contributed by atoms with van der Waals surface area (Å²) >= 11 is 0. The normalized spacial score (nSPS) is 10.4. The summed E-state index contributed by atoms with van der Waals surface area (Å²) in [6, 6.07) is 15.4. The zero-order valence-corrected chi connectivity index (χ0v) is 15.1. The minimum atomic E-state index is 0.750. The second-order valence-electron chi connectivity index (χ2n) is 5.31. The fraction of sp³-hybridized carbons (Fsp3) is 0.211. The first-order valence-electron chi connectivity index (χ1n) is 8.27. The minimum Gasteiger partial charge on any atom is -0.399 e. The highest BCUT2D eigenvalue weighted by Gasteiger charge is 2.10. The number of benzene rings is 2. The number of nitrogens with one attached hydrogen (secondary N) is 1. The predicted molar refractivity (Wildman–Crippen MR) is 103 cm³/mol. The molecule has 2 aromatic carbocycles. The van der Waals surface area contributed by atoms with E-state index < -0.39 is 0 Å². The fourth-order valence-corrected chi connectivity index (χ4v) is 2.17. The van der Waals surface area contributed by atoms with Crippen molar-refractivity contribution in [3.8, 4) is 0 Å². The number of azo groups is 1. The van der Waals surface area contributed by atoms with Crippen molar-refractivity contribution >= 4 is 28.7 Å². The first-order valence-corrected chi connectivity index (χ1v) is 8.27. The highest BCUT2D eigenvalue weighted by molar-refractivity contribution is 5.63. The van der Waals surface area contributed by atoms with E-state index >= 15 is 0 Å². The van der Waals surface area contributed by atoms with E-state index in [1.54, 1.807) is 0 Å². The van der Waals surface area contributed by atoms with Crippen LogP contribution in [0.4, 0.5) is 28.7 Å². The van der Waals surface area contributed by atoms with Gasteiger partial charge < -0.3 is 11.1 Å². The molecule has 3 N–H and O–H groups in total. The summed E-state index contributed by atoms with van der Waals surface area (Å²) in [4.78, 5) is 0. The van der Waals surface area contributed by atoms with Gasteiger partial charge in [0.05, 0.1) is 26.5 Å². The summed E-state index contributed by atoms with van der Waals surface area (Å²) in [7, 11) is 3.88. The molecule has 3 rings (SSSR count). The molecule has 0 saturated heterocycles. The summed E-state index contributed by atoms with van der Waals surface area (Å²) < 4.78 is 3.83. The van der Waals surface area contributed by atoms with Gasteiger partial charge in [-0.3, -0.25) is 0 Å². The maximum atomic E-state index is 5.68. The molecule has 6 heteroatoms. The van der Waals surface area contributed by atoms with E-state index in [4.69, 9.17) is 5.73 Å². The number of aromatic nitrogens is 2. The van der Waals surface area contributed by atoms with Crippen LogP contribution in [-0.2, 0) is 14.1 Å². The van der Waals surface area contributed by atoms with Gasteiger partial charge in [0.15, 0.2) is 0 Å². The van der Waals surface area contributed by atoms with Gasteiger partial charge in [0.2, 0.25) is 0 Å². The van der Waals surface area contributed by atoms with Gasteiger partial charge >= 0.3 is 5.95 Å². The third-order valence-corrected chi connectivity index (χ3v) is 3.47. The van der Waals surface area contributed by atoms with Crippen molar-refractivity contribution in [3.63, 3.8) is 0 Å². The fourth-order valence-electron chi connectivity index (χ4n) is 2.17. The third-order valence-electron chi connectivity index (χ3n) is 3.47. The topological polar surface area (TPSA) is 71.6 Å². The van der Waals surface area contributed by atoms with Crippen LogP contribution in [0.15, 0.2) is 71.2 Å². The number of anilines is 3. The monoisotopic (exact) mass is 337 g/mol. The first-order chi connectivity index (χ1) is 12.1. The van der Waals surface area contributed by atoms with Gasteiger partial charge in [-0.25, -0.2) is 9.13 Å². The van der Waals surface area contributed by atoms with Crippen molar-refractivity contribution in [1.82, 2.24) is 4.57 Å². The lowest BCUT2D eigenvalue weighted by atomic mass is 10.2. The van der Waals surface area contributed by atoms with Crippen molar-refractivity contribution in [2.45, 2.75) is 13.8 Å². The summed E-state index contributed by atoms with van der Waals surface area (Å²) in [5.74, 6) is 0.786. The molecular formula is C19H25N6+. The average Bonchev–Trinajstić information content (AvgIpc) is 2.96. The standard InChI is InChI=1S/C17H18N6.C2H6/c1-22-11-12-23(2)17(22)21-20-16-9-7-15(8-10-16)19-14-5-3-13(18)4-6-14;1-2/h3-12H,1-2H3,(H2,18,20);1-2H3/p+1. The van der Waals surface area contributed by atoms with Gasteiger partial charge in [0.1, 0.15) is 5.69 Å². The van der Waals surface area contributed by atoms with Crippen LogP contribution in [0.5, 0.6) is 0 Å². The van der Waals surface area contributed by atoms with Gasteiger partial charge in [-0.1, -0.05) is 19.0 Å². The van der Waals surface area contributed by atoms with Crippen molar-refractivity contribution in [1.29, 1.82) is 0 Å². The van der Waals surface area contributed by atoms with Crippen LogP contribution in [-0.4, -0.2) is 4.57 Å². The highest BCUT2D eigenvalue weighted by Crippen LogP contribution is 2.22. The Kier molecular flexibility index (Phi) is 6.28. The second kappa shape index (κ2) is 8.63. The Morgan fingerprint density at radius 2 is 1.48 bits per heavy atom. The molecule has 0 fully saturated rings. The molecule has 0 atom stereocenters. The maximum absolute atomic E-state index is 5.68. The smallest absolute Gasteiger partial charge is 0.399 e. The first kappa shape index (κ1) is 18.2. The molecule has 3 aromatic rings. The van der Waals surface area contributed by atoms with Crippen molar-refractivity contribution in [2.24, 2.45) is 24.3 Å². The van der Waals surface area contributed by atoms with Crippen molar-refractivity contribution < 1.29 is 4.57 Å². The Hall–Kier alpha value is -3.15. The lowest BCUT2D eigenvalue weighted by Crippen LogP contribution is -2.25. The van der Waals surface area contributed by atoms with E-state index in [2.05, 4.69) is 15.5 Å². The molecule has 1 heterocycles. The lowest BCUT2D eigenvalue weighted by Gasteiger charge is -2.06. The molecule has 0 bridgehead atoms. The number of nitrogen functional groups attached to an aromatic ring is 1. The van der Waals surface area contributed by atoms with Gasteiger partial charge in [-0.15, -0.1) is 0 Å².